The van der Waals surface area contributed by atoms with Gasteiger partial charge in [-0.2, -0.15) is 0 Å². The van der Waals surface area contributed by atoms with E-state index in [1.54, 1.807) is 0 Å². The van der Waals surface area contributed by atoms with E-state index in [1.165, 1.54) is 0 Å². The maximum Gasteiger partial charge on any atom is 0.317 e. The molecule has 1 aliphatic carbocycles. The average molecular weight is 296 g/mol. The van der Waals surface area contributed by atoms with Crippen molar-refractivity contribution in [3.63, 3.8) is 0 Å². The van der Waals surface area contributed by atoms with Gasteiger partial charge >= 0.3 is 12.0 Å². The molecule has 1 heterocycles. The zero-order chi connectivity index (χ0) is 15.5. The first-order valence-corrected chi connectivity index (χ1v) is 8.19. The van der Waals surface area contributed by atoms with E-state index >= 15 is 0 Å². The molecule has 0 spiro atoms. The Bertz CT molecular complexity index is 400. The van der Waals surface area contributed by atoms with Gasteiger partial charge in [-0.1, -0.05) is 20.3 Å². The molecule has 1 aliphatic heterocycles. The molecule has 0 bridgehead atoms. The van der Waals surface area contributed by atoms with E-state index in [4.69, 9.17) is 5.11 Å². The number of hydrogen-bond acceptors (Lipinski definition) is 2. The molecule has 2 fully saturated rings. The van der Waals surface area contributed by atoms with Crippen LogP contribution in [0.4, 0.5) is 4.79 Å². The minimum atomic E-state index is -0.763. The van der Waals surface area contributed by atoms with E-state index in [0.717, 1.165) is 51.6 Å². The number of nitrogens with zero attached hydrogens (tertiary/aromatic N) is 1. The predicted octanol–water partition coefficient (Wildman–Crippen LogP) is 2.85. The van der Waals surface area contributed by atoms with Gasteiger partial charge < -0.3 is 15.3 Å². The molecule has 2 N–H and O–H groups in total. The SMILES string of the molecule is CCC1(CC)CCN(C(=O)NCC2(CC(=O)O)CCC2)C1. The molecule has 0 aromatic heterocycles. The lowest BCUT2D eigenvalue weighted by molar-refractivity contribution is -0.141. The normalized spacial score (nSPS) is 22.7. The minimum absolute atomic E-state index is 0.0181. The molecule has 2 aliphatic rings. The van der Waals surface area contributed by atoms with Crippen molar-refractivity contribution < 1.29 is 14.7 Å². The van der Waals surface area contributed by atoms with E-state index in [-0.39, 0.29) is 23.3 Å². The molecule has 120 valence electrons. The molecule has 0 aromatic rings. The number of carboxylic acids is 1. The largest absolute Gasteiger partial charge is 0.481 e. The number of urea groups is 1. The highest BCUT2D eigenvalue weighted by atomic mass is 16.4. The Kier molecular flexibility index (Phi) is 4.79. The van der Waals surface area contributed by atoms with Gasteiger partial charge in [-0.25, -0.2) is 4.79 Å². The first kappa shape index (κ1) is 16.1. The highest BCUT2D eigenvalue weighted by Crippen LogP contribution is 2.43. The number of carbonyl (C=O) groups is 2. The van der Waals surface area contributed by atoms with Crippen LogP contribution in [-0.2, 0) is 4.79 Å². The second-order valence-corrected chi connectivity index (χ2v) is 6.96. The third kappa shape index (κ3) is 3.50. The second kappa shape index (κ2) is 6.24. The molecule has 0 unspecified atom stereocenters. The van der Waals surface area contributed by atoms with Gasteiger partial charge in [0, 0.05) is 19.6 Å². The van der Waals surface area contributed by atoms with Crippen molar-refractivity contribution in [3.8, 4) is 0 Å². The van der Waals surface area contributed by atoms with Gasteiger partial charge in [0.25, 0.3) is 0 Å². The first-order valence-electron chi connectivity index (χ1n) is 8.19. The van der Waals surface area contributed by atoms with Crippen LogP contribution in [0.15, 0.2) is 0 Å². The van der Waals surface area contributed by atoms with E-state index in [2.05, 4.69) is 19.2 Å². The van der Waals surface area contributed by atoms with Gasteiger partial charge in [-0.3, -0.25) is 4.79 Å². The molecule has 0 aromatic carbocycles. The van der Waals surface area contributed by atoms with Crippen LogP contribution in [0.25, 0.3) is 0 Å². The Balaban J connectivity index is 1.84. The zero-order valence-electron chi connectivity index (χ0n) is 13.3. The molecule has 0 atom stereocenters. The fourth-order valence-electron chi connectivity index (χ4n) is 3.72. The van der Waals surface area contributed by atoms with Gasteiger partial charge in [0.1, 0.15) is 0 Å². The summed E-state index contributed by atoms with van der Waals surface area (Å²) in [5.41, 5.74) is 0.0837. The summed E-state index contributed by atoms with van der Waals surface area (Å²) in [5, 5.41) is 12.0. The number of aliphatic carboxylic acids is 1. The Hall–Kier alpha value is -1.26. The summed E-state index contributed by atoms with van der Waals surface area (Å²) < 4.78 is 0. The number of amides is 2. The highest BCUT2D eigenvalue weighted by Gasteiger charge is 2.41. The lowest BCUT2D eigenvalue weighted by atomic mass is 9.66. The van der Waals surface area contributed by atoms with E-state index < -0.39 is 5.97 Å². The van der Waals surface area contributed by atoms with Crippen molar-refractivity contribution in [1.29, 1.82) is 0 Å². The quantitative estimate of drug-likeness (QED) is 0.792. The third-order valence-corrected chi connectivity index (χ3v) is 5.78. The molecular formula is C16H28N2O3. The smallest absolute Gasteiger partial charge is 0.317 e. The molecule has 21 heavy (non-hydrogen) atoms. The summed E-state index contributed by atoms with van der Waals surface area (Å²) in [7, 11) is 0. The Morgan fingerprint density at radius 2 is 1.81 bits per heavy atom. The van der Waals surface area contributed by atoms with Crippen molar-refractivity contribution in [1.82, 2.24) is 10.2 Å². The van der Waals surface area contributed by atoms with E-state index in [0.29, 0.717) is 6.54 Å². The third-order valence-electron chi connectivity index (χ3n) is 5.78. The number of likely N-dealkylation sites (tertiary alicyclic amines) is 1. The number of nitrogens with one attached hydrogen (secondary N) is 1. The van der Waals surface area contributed by atoms with Crippen LogP contribution in [0.5, 0.6) is 0 Å². The summed E-state index contributed by atoms with van der Waals surface area (Å²) in [5.74, 6) is -0.763. The number of hydrogen-bond donors (Lipinski definition) is 2. The molecule has 5 heteroatoms. The fraction of sp³-hybridized carbons (Fsp3) is 0.875. The predicted molar refractivity (Wildman–Crippen MR) is 81.1 cm³/mol. The van der Waals surface area contributed by atoms with Crippen LogP contribution in [0.2, 0.25) is 0 Å². The summed E-state index contributed by atoms with van der Waals surface area (Å²) in [4.78, 5) is 25.2. The van der Waals surface area contributed by atoms with Crippen molar-refractivity contribution in [2.45, 2.75) is 58.8 Å². The van der Waals surface area contributed by atoms with Crippen LogP contribution in [0, 0.1) is 10.8 Å². The van der Waals surface area contributed by atoms with Crippen molar-refractivity contribution in [2.24, 2.45) is 10.8 Å². The van der Waals surface area contributed by atoms with Crippen LogP contribution in [0.3, 0.4) is 0 Å². The Labute approximate surface area is 127 Å². The van der Waals surface area contributed by atoms with Crippen molar-refractivity contribution >= 4 is 12.0 Å². The lowest BCUT2D eigenvalue weighted by Gasteiger charge is -2.41. The molecule has 0 radical (unpaired) electrons. The van der Waals surface area contributed by atoms with Gasteiger partial charge in [0.15, 0.2) is 0 Å². The van der Waals surface area contributed by atoms with Crippen LogP contribution >= 0.6 is 0 Å². The summed E-state index contributed by atoms with van der Waals surface area (Å²) in [6, 6.07) is -0.0181. The van der Waals surface area contributed by atoms with Gasteiger partial charge in [-0.05, 0) is 42.9 Å². The maximum absolute atomic E-state index is 12.3. The monoisotopic (exact) mass is 296 g/mol. The van der Waals surface area contributed by atoms with Crippen LogP contribution in [0.1, 0.15) is 58.8 Å². The number of carboxylic acid groups (broad SMARTS) is 1. The minimum Gasteiger partial charge on any atom is -0.481 e. The standard InChI is InChI=1S/C16H28N2O3/c1-3-15(4-2)8-9-18(12-15)14(21)17-11-16(6-5-7-16)10-13(19)20/h3-12H2,1-2H3,(H,17,21)(H,19,20). The zero-order valence-corrected chi connectivity index (χ0v) is 13.3. The molecule has 1 saturated carbocycles. The number of carbonyl (C=O) groups excluding carboxylic acids is 1. The van der Waals surface area contributed by atoms with Gasteiger partial charge in [0.2, 0.25) is 0 Å². The highest BCUT2D eigenvalue weighted by molar-refractivity contribution is 5.75. The molecular weight excluding hydrogens is 268 g/mol. The molecule has 1 saturated heterocycles. The van der Waals surface area contributed by atoms with Crippen molar-refractivity contribution in [3.05, 3.63) is 0 Å². The Morgan fingerprint density at radius 1 is 1.14 bits per heavy atom. The number of rotatable bonds is 6. The topological polar surface area (TPSA) is 69.6 Å². The van der Waals surface area contributed by atoms with E-state index in [9.17, 15) is 9.59 Å². The fourth-order valence-corrected chi connectivity index (χ4v) is 3.72. The van der Waals surface area contributed by atoms with Gasteiger partial charge in [-0.15, -0.1) is 0 Å². The lowest BCUT2D eigenvalue weighted by Crippen LogP contribution is -2.47. The first-order chi connectivity index (χ1) is 9.94. The molecule has 2 rings (SSSR count). The summed E-state index contributed by atoms with van der Waals surface area (Å²) >= 11 is 0. The van der Waals surface area contributed by atoms with Gasteiger partial charge in [0.05, 0.1) is 6.42 Å². The summed E-state index contributed by atoms with van der Waals surface area (Å²) in [6.45, 7) is 6.54. The second-order valence-electron chi connectivity index (χ2n) is 6.96. The van der Waals surface area contributed by atoms with Crippen molar-refractivity contribution in [2.75, 3.05) is 19.6 Å². The van der Waals surface area contributed by atoms with Crippen LogP contribution < -0.4 is 5.32 Å². The molecule has 5 nitrogen and oxygen atoms in total. The average Bonchev–Trinajstić information content (AvgIpc) is 2.86. The maximum atomic E-state index is 12.3. The molecule has 2 amide bonds. The Morgan fingerprint density at radius 3 is 2.24 bits per heavy atom. The summed E-state index contributed by atoms with van der Waals surface area (Å²) in [6.07, 6.45) is 6.35. The van der Waals surface area contributed by atoms with E-state index in [1.807, 2.05) is 4.90 Å². The van der Waals surface area contributed by atoms with Crippen LogP contribution in [-0.4, -0.2) is 41.6 Å².